The third-order valence-electron chi connectivity index (χ3n) is 8.81. The van der Waals surface area contributed by atoms with Gasteiger partial charge in [-0.05, 0) is 38.9 Å². The minimum absolute atomic E-state index is 0.129. The zero-order valence-corrected chi connectivity index (χ0v) is 20.8. The first kappa shape index (κ1) is 24.9. The normalized spacial score (nSPS) is 35.9. The van der Waals surface area contributed by atoms with Crippen LogP contribution in [0.15, 0.2) is 12.4 Å². The maximum Gasteiger partial charge on any atom is 0.233 e. The first-order chi connectivity index (χ1) is 17.8. The van der Waals surface area contributed by atoms with Gasteiger partial charge in [0.1, 0.15) is 11.9 Å². The molecule has 37 heavy (non-hydrogen) atoms. The molecule has 1 aromatic rings. The molecule has 202 valence electrons. The van der Waals surface area contributed by atoms with E-state index in [0.29, 0.717) is 26.2 Å². The van der Waals surface area contributed by atoms with Gasteiger partial charge in [0.2, 0.25) is 11.8 Å². The molecule has 1 aromatic heterocycles. The summed E-state index contributed by atoms with van der Waals surface area (Å²) in [7, 11) is 0. The van der Waals surface area contributed by atoms with E-state index in [1.807, 2.05) is 9.80 Å². The standard InChI is InChI=1S/C24H35F2N9O2/c25-15-11-29-21-18(20(27)31-35(21)14-15)22(36)30-17-13-28-12-16(26)19(17)33-7-9-34(10-8-33)23(37)24-1-4-32(5-2-24)6-3-24/h12-13,15,18,20-21,29,31H,1-11,14,27H2,(H,30,36). The predicted molar refractivity (Wildman–Crippen MR) is 132 cm³/mol. The number of amides is 2. The molecule has 0 spiro atoms. The smallest absolute Gasteiger partial charge is 0.233 e. The lowest BCUT2D eigenvalue weighted by atomic mass is 9.71. The highest BCUT2D eigenvalue weighted by Crippen LogP contribution is 2.42. The number of rotatable bonds is 4. The third-order valence-corrected chi connectivity index (χ3v) is 8.81. The fraction of sp³-hybridized carbons (Fsp3) is 0.708. The molecule has 6 saturated heterocycles. The van der Waals surface area contributed by atoms with Crippen LogP contribution in [0.1, 0.15) is 19.3 Å². The summed E-state index contributed by atoms with van der Waals surface area (Å²) < 4.78 is 28.9. The summed E-state index contributed by atoms with van der Waals surface area (Å²) in [6.45, 7) is 5.14. The molecule has 2 amide bonds. The Kier molecular flexibility index (Phi) is 6.51. The van der Waals surface area contributed by atoms with Gasteiger partial charge in [-0.2, -0.15) is 0 Å². The van der Waals surface area contributed by atoms with Gasteiger partial charge in [-0.1, -0.05) is 0 Å². The number of halogens is 2. The molecule has 11 nitrogen and oxygen atoms in total. The monoisotopic (exact) mass is 519 g/mol. The van der Waals surface area contributed by atoms with Crippen molar-refractivity contribution in [3.63, 3.8) is 0 Å². The molecule has 7 rings (SSSR count). The van der Waals surface area contributed by atoms with Crippen LogP contribution >= 0.6 is 0 Å². The number of nitrogens with zero attached hydrogens (tertiary/aromatic N) is 5. The number of nitrogens with one attached hydrogen (secondary N) is 3. The van der Waals surface area contributed by atoms with Gasteiger partial charge < -0.3 is 25.8 Å². The van der Waals surface area contributed by atoms with Crippen LogP contribution in [-0.4, -0.2) is 109 Å². The molecule has 6 aliphatic heterocycles. The van der Waals surface area contributed by atoms with E-state index >= 15 is 4.39 Å². The van der Waals surface area contributed by atoms with Gasteiger partial charge in [0, 0.05) is 39.3 Å². The van der Waals surface area contributed by atoms with E-state index in [1.165, 1.54) is 6.20 Å². The Morgan fingerprint density at radius 2 is 1.78 bits per heavy atom. The lowest BCUT2D eigenvalue weighted by Crippen LogP contribution is -2.59. The summed E-state index contributed by atoms with van der Waals surface area (Å²) in [5, 5.41) is 7.46. The molecule has 0 saturated carbocycles. The van der Waals surface area contributed by atoms with Gasteiger partial charge >= 0.3 is 0 Å². The number of hydrogen-bond donors (Lipinski definition) is 4. The molecular formula is C24H35F2N9O2. The van der Waals surface area contributed by atoms with Crippen molar-refractivity contribution < 1.29 is 18.4 Å². The van der Waals surface area contributed by atoms with Crippen molar-refractivity contribution in [3.05, 3.63) is 18.2 Å². The number of piperazine rings is 1. The number of nitrogens with two attached hydrogens (primary N) is 1. The predicted octanol–water partition coefficient (Wildman–Crippen LogP) is -0.718. The Morgan fingerprint density at radius 1 is 1.08 bits per heavy atom. The summed E-state index contributed by atoms with van der Waals surface area (Å²) in [6, 6.07) is 0. The number of hydrogen-bond acceptors (Lipinski definition) is 9. The Bertz CT molecular complexity index is 1030. The first-order valence-corrected chi connectivity index (χ1v) is 13.2. The topological polar surface area (TPSA) is 122 Å². The second-order valence-electron chi connectivity index (χ2n) is 10.9. The van der Waals surface area contributed by atoms with Gasteiger partial charge in [-0.25, -0.2) is 19.2 Å². The molecule has 7 heterocycles. The Labute approximate surface area is 214 Å². The summed E-state index contributed by atoms with van der Waals surface area (Å²) in [6.07, 6.45) is 3.07. The third kappa shape index (κ3) is 4.46. The second kappa shape index (κ2) is 9.70. The zero-order chi connectivity index (χ0) is 25.7. The molecule has 0 aliphatic carbocycles. The Morgan fingerprint density at radius 3 is 2.49 bits per heavy atom. The number of hydrazine groups is 1. The van der Waals surface area contributed by atoms with Gasteiger partial charge in [-0.15, -0.1) is 0 Å². The molecule has 2 bridgehead atoms. The van der Waals surface area contributed by atoms with Crippen molar-refractivity contribution >= 4 is 23.2 Å². The van der Waals surface area contributed by atoms with Gasteiger partial charge in [0.05, 0.1) is 41.7 Å². The van der Waals surface area contributed by atoms with Gasteiger partial charge in [0.15, 0.2) is 5.82 Å². The number of piperidine rings is 3. The van der Waals surface area contributed by atoms with Gasteiger partial charge in [0.25, 0.3) is 0 Å². The molecule has 6 aliphatic rings. The number of pyridine rings is 1. The number of alkyl halides is 1. The first-order valence-electron chi connectivity index (χ1n) is 13.2. The highest BCUT2D eigenvalue weighted by molar-refractivity contribution is 5.96. The van der Waals surface area contributed by atoms with Crippen LogP contribution in [0.25, 0.3) is 0 Å². The number of anilines is 2. The fourth-order valence-corrected chi connectivity index (χ4v) is 6.65. The zero-order valence-electron chi connectivity index (χ0n) is 20.8. The van der Waals surface area contributed by atoms with Crippen LogP contribution in [0.4, 0.5) is 20.2 Å². The molecule has 5 N–H and O–H groups in total. The van der Waals surface area contributed by atoms with Crippen molar-refractivity contribution in [2.75, 3.05) is 69.1 Å². The summed E-state index contributed by atoms with van der Waals surface area (Å²) in [5.41, 5.74) is 9.39. The fourth-order valence-electron chi connectivity index (χ4n) is 6.65. The van der Waals surface area contributed by atoms with Gasteiger partial charge in [-0.3, -0.25) is 19.9 Å². The molecule has 4 unspecified atom stereocenters. The number of carbonyl (C=O) groups is 2. The number of fused-ring (bicyclic) bond motifs is 4. The van der Waals surface area contributed by atoms with Crippen LogP contribution in [0.5, 0.6) is 0 Å². The average Bonchev–Trinajstić information content (AvgIpc) is 3.24. The summed E-state index contributed by atoms with van der Waals surface area (Å²) >= 11 is 0. The highest BCUT2D eigenvalue weighted by Gasteiger charge is 2.48. The summed E-state index contributed by atoms with van der Waals surface area (Å²) in [5.74, 6) is -1.41. The van der Waals surface area contributed by atoms with Crippen molar-refractivity contribution in [1.82, 2.24) is 30.5 Å². The van der Waals surface area contributed by atoms with E-state index in [9.17, 15) is 14.0 Å². The molecule has 13 heteroatoms. The van der Waals surface area contributed by atoms with E-state index in [0.717, 1.165) is 45.1 Å². The lowest BCUT2D eigenvalue weighted by Gasteiger charge is -2.50. The number of carbonyl (C=O) groups excluding carboxylic acids is 2. The maximum atomic E-state index is 15.1. The van der Waals surface area contributed by atoms with E-state index in [2.05, 4.69) is 25.9 Å². The minimum atomic E-state index is -1.06. The van der Waals surface area contributed by atoms with Crippen LogP contribution in [0.2, 0.25) is 0 Å². The summed E-state index contributed by atoms with van der Waals surface area (Å²) in [4.78, 5) is 36.9. The Hall–Kier alpha value is -2.45. The maximum absolute atomic E-state index is 15.1. The highest BCUT2D eigenvalue weighted by atomic mass is 19.1. The molecule has 6 fully saturated rings. The minimum Gasteiger partial charge on any atom is -0.364 e. The van der Waals surface area contributed by atoms with Crippen molar-refractivity contribution in [1.29, 1.82) is 0 Å². The lowest BCUT2D eigenvalue weighted by molar-refractivity contribution is -0.150. The van der Waals surface area contributed by atoms with Crippen LogP contribution in [-0.2, 0) is 9.59 Å². The van der Waals surface area contributed by atoms with E-state index < -0.39 is 36.1 Å². The molecular weight excluding hydrogens is 484 g/mol. The van der Waals surface area contributed by atoms with Crippen molar-refractivity contribution in [3.8, 4) is 0 Å². The van der Waals surface area contributed by atoms with E-state index in [-0.39, 0.29) is 35.8 Å². The molecule has 4 atom stereocenters. The Balaban J connectivity index is 1.13. The van der Waals surface area contributed by atoms with Crippen LogP contribution in [0.3, 0.4) is 0 Å². The van der Waals surface area contributed by atoms with E-state index in [1.54, 1.807) is 5.01 Å². The number of aromatic nitrogens is 1. The molecule has 0 aromatic carbocycles. The molecule has 0 radical (unpaired) electrons. The largest absolute Gasteiger partial charge is 0.364 e. The average molecular weight is 520 g/mol. The van der Waals surface area contributed by atoms with Crippen molar-refractivity contribution in [2.24, 2.45) is 17.1 Å². The quantitative estimate of drug-likeness (QED) is 0.408. The SMILES string of the molecule is NC1NN2CC(F)CNC2C1C(=O)Nc1cncc(F)c1N1CCN(C(=O)C23CCN(CC2)CC3)CC1. The van der Waals surface area contributed by atoms with E-state index in [4.69, 9.17) is 5.73 Å². The van der Waals surface area contributed by atoms with Crippen LogP contribution < -0.4 is 26.7 Å². The van der Waals surface area contributed by atoms with Crippen LogP contribution in [0, 0.1) is 17.2 Å². The van der Waals surface area contributed by atoms with Crippen molar-refractivity contribution in [2.45, 2.75) is 37.8 Å². The second-order valence-corrected chi connectivity index (χ2v) is 10.9.